The zero-order valence-corrected chi connectivity index (χ0v) is 18.2. The van der Waals surface area contributed by atoms with E-state index in [1.807, 2.05) is 0 Å². The van der Waals surface area contributed by atoms with Crippen LogP contribution >= 0.6 is 0 Å². The Labute approximate surface area is 180 Å². The molecule has 2 aromatic carbocycles. The van der Waals surface area contributed by atoms with Crippen molar-refractivity contribution >= 4 is 20.2 Å². The number of hydrogen-bond donors (Lipinski definition) is 4. The molecule has 0 saturated carbocycles. The molecule has 170 valence electrons. The van der Waals surface area contributed by atoms with Gasteiger partial charge < -0.3 is 20.9 Å². The summed E-state index contributed by atoms with van der Waals surface area (Å²) in [6.45, 7) is 1.03. The summed E-state index contributed by atoms with van der Waals surface area (Å²) in [6.07, 6.45) is 1.33. The van der Waals surface area contributed by atoms with Crippen molar-refractivity contribution < 1.29 is 35.4 Å². The highest BCUT2D eigenvalue weighted by Gasteiger charge is 2.29. The summed E-state index contributed by atoms with van der Waals surface area (Å²) in [6, 6.07) is 5.46. The summed E-state index contributed by atoms with van der Waals surface area (Å²) in [5, 5.41) is 0. The van der Waals surface area contributed by atoms with Crippen LogP contribution in [0.3, 0.4) is 0 Å². The van der Waals surface area contributed by atoms with Gasteiger partial charge in [-0.1, -0.05) is 0 Å². The van der Waals surface area contributed by atoms with Gasteiger partial charge in [-0.2, -0.15) is 16.8 Å². The average molecular weight is 473 g/mol. The molecule has 0 bridgehead atoms. The van der Waals surface area contributed by atoms with Crippen molar-refractivity contribution in [2.75, 3.05) is 26.3 Å². The fraction of sp³-hybridized carbons (Fsp3) is 0.368. The number of benzene rings is 2. The van der Waals surface area contributed by atoms with Gasteiger partial charge >= 0.3 is 0 Å². The van der Waals surface area contributed by atoms with Gasteiger partial charge in [0.2, 0.25) is 0 Å². The first-order valence-corrected chi connectivity index (χ1v) is 12.4. The Morgan fingerprint density at radius 2 is 1.13 bits per heavy atom. The van der Waals surface area contributed by atoms with E-state index in [4.69, 9.17) is 20.9 Å². The molecular formula is C19H24N2O8S2. The van der Waals surface area contributed by atoms with E-state index in [1.165, 1.54) is 24.3 Å². The highest BCUT2D eigenvalue weighted by molar-refractivity contribution is 7.86. The van der Waals surface area contributed by atoms with E-state index in [9.17, 15) is 25.9 Å². The zero-order chi connectivity index (χ0) is 22.8. The minimum absolute atomic E-state index is 0.0167. The van der Waals surface area contributed by atoms with Crippen LogP contribution in [0.15, 0.2) is 34.1 Å². The fourth-order valence-electron chi connectivity index (χ4n) is 3.36. The van der Waals surface area contributed by atoms with Gasteiger partial charge in [-0.15, -0.1) is 0 Å². The van der Waals surface area contributed by atoms with Crippen molar-refractivity contribution in [1.29, 1.82) is 0 Å². The maximum absolute atomic E-state index is 11.9. The van der Waals surface area contributed by atoms with Gasteiger partial charge in [0, 0.05) is 0 Å². The maximum Gasteiger partial charge on any atom is 0.298 e. The predicted octanol–water partition coefficient (Wildman–Crippen LogP) is 1.21. The molecule has 3 rings (SSSR count). The van der Waals surface area contributed by atoms with E-state index >= 15 is 0 Å². The van der Waals surface area contributed by atoms with Gasteiger partial charge in [0.1, 0.15) is 21.3 Å². The highest BCUT2D eigenvalue weighted by Crippen LogP contribution is 2.44. The Kier molecular flexibility index (Phi) is 6.88. The van der Waals surface area contributed by atoms with Gasteiger partial charge in [-0.05, 0) is 78.9 Å². The molecular weight excluding hydrogens is 448 g/mol. The molecule has 0 heterocycles. The third-order valence-corrected chi connectivity index (χ3v) is 6.53. The minimum Gasteiger partial charge on any atom is -0.492 e. The van der Waals surface area contributed by atoms with Crippen molar-refractivity contribution in [3.05, 3.63) is 35.4 Å². The summed E-state index contributed by atoms with van der Waals surface area (Å²) in [5.41, 5.74) is 13.0. The van der Waals surface area contributed by atoms with Crippen molar-refractivity contribution in [2.45, 2.75) is 29.1 Å². The lowest BCUT2D eigenvalue weighted by molar-refractivity contribution is 0.303. The lowest BCUT2D eigenvalue weighted by Crippen LogP contribution is -2.09. The van der Waals surface area contributed by atoms with E-state index in [1.54, 1.807) is 0 Å². The van der Waals surface area contributed by atoms with Crippen LogP contribution in [0, 0.1) is 0 Å². The van der Waals surface area contributed by atoms with E-state index in [0.717, 1.165) is 0 Å². The number of ether oxygens (including phenoxy) is 2. The Balaban J connectivity index is 2.12. The number of hydrogen-bond acceptors (Lipinski definition) is 8. The van der Waals surface area contributed by atoms with Crippen molar-refractivity contribution in [2.24, 2.45) is 11.5 Å². The van der Waals surface area contributed by atoms with Gasteiger partial charge in [0.25, 0.3) is 20.2 Å². The first-order chi connectivity index (χ1) is 14.6. The highest BCUT2D eigenvalue weighted by atomic mass is 32.2. The third kappa shape index (κ3) is 5.17. The Bertz CT molecular complexity index is 1100. The van der Waals surface area contributed by atoms with E-state index < -0.39 is 30.0 Å². The summed E-state index contributed by atoms with van der Waals surface area (Å²) in [4.78, 5) is -0.874. The second kappa shape index (κ2) is 9.10. The molecule has 0 fully saturated rings. The topological polar surface area (TPSA) is 179 Å². The van der Waals surface area contributed by atoms with Crippen LogP contribution in [0.2, 0.25) is 0 Å². The van der Waals surface area contributed by atoms with Gasteiger partial charge in [-0.3, -0.25) is 9.11 Å². The summed E-state index contributed by atoms with van der Waals surface area (Å²) < 4.78 is 78.0. The van der Waals surface area contributed by atoms with Crippen molar-refractivity contribution in [3.63, 3.8) is 0 Å². The second-order valence-electron chi connectivity index (χ2n) is 7.02. The molecule has 0 saturated heterocycles. The molecule has 6 N–H and O–H groups in total. The van der Waals surface area contributed by atoms with Gasteiger partial charge in [-0.25, -0.2) is 0 Å². The fourth-order valence-corrected chi connectivity index (χ4v) is 4.64. The molecule has 2 aromatic rings. The van der Waals surface area contributed by atoms with Crippen LogP contribution in [0.25, 0.3) is 11.1 Å². The molecule has 0 atom stereocenters. The lowest BCUT2D eigenvalue weighted by atomic mass is 10.1. The maximum atomic E-state index is 11.9. The van der Waals surface area contributed by atoms with E-state index in [2.05, 4.69) is 0 Å². The number of fused-ring (bicyclic) bond motifs is 3. The van der Waals surface area contributed by atoms with Gasteiger partial charge in [0.05, 0.1) is 13.2 Å². The van der Waals surface area contributed by atoms with Crippen LogP contribution in [-0.4, -0.2) is 52.2 Å². The SMILES string of the molecule is NCCCOc1cc2c(cc1S(=O)(=O)O)-c1cc(S(=O)(=O)O)c(OCCCN)cc1C2. The van der Waals surface area contributed by atoms with Crippen LogP contribution in [-0.2, 0) is 26.7 Å². The molecule has 12 heteroatoms. The minimum atomic E-state index is -4.62. The Morgan fingerprint density at radius 1 is 0.742 bits per heavy atom. The summed E-state index contributed by atoms with van der Waals surface area (Å²) >= 11 is 0. The first kappa shape index (κ1) is 23.4. The van der Waals surface area contributed by atoms with Crippen LogP contribution < -0.4 is 20.9 Å². The molecule has 0 aliphatic heterocycles. The smallest absolute Gasteiger partial charge is 0.298 e. The van der Waals surface area contributed by atoms with Crippen LogP contribution in [0.5, 0.6) is 11.5 Å². The quantitative estimate of drug-likeness (QED) is 0.247. The molecule has 0 aromatic heterocycles. The van der Waals surface area contributed by atoms with Gasteiger partial charge in [0.15, 0.2) is 0 Å². The number of rotatable bonds is 10. The molecule has 0 amide bonds. The molecule has 1 aliphatic rings. The molecule has 0 unspecified atom stereocenters. The Hall–Kier alpha value is -2.22. The average Bonchev–Trinajstić information content (AvgIpc) is 3.02. The third-order valence-electron chi connectivity index (χ3n) is 4.78. The normalized spacial score (nSPS) is 13.0. The standard InChI is InChI=1S/C19H24N2O8S2/c20-3-1-5-28-16-8-12-7-13-9-17(29-6-2-4-21)19(31(25,26)27)11-15(13)14(12)10-18(16)30(22,23)24/h8-11H,1-7,20-21H2,(H,22,23,24)(H,25,26,27). The van der Waals surface area contributed by atoms with Crippen molar-refractivity contribution in [1.82, 2.24) is 0 Å². The predicted molar refractivity (Wildman–Crippen MR) is 113 cm³/mol. The first-order valence-electron chi connectivity index (χ1n) is 9.51. The largest absolute Gasteiger partial charge is 0.492 e. The monoisotopic (exact) mass is 472 g/mol. The molecule has 10 nitrogen and oxygen atoms in total. The summed E-state index contributed by atoms with van der Waals surface area (Å²) in [7, 11) is -9.23. The van der Waals surface area contributed by atoms with Crippen LogP contribution in [0.1, 0.15) is 24.0 Å². The summed E-state index contributed by atoms with van der Waals surface area (Å²) in [5.74, 6) is -0.0335. The lowest BCUT2D eigenvalue weighted by Gasteiger charge is -2.13. The molecule has 31 heavy (non-hydrogen) atoms. The Morgan fingerprint density at radius 3 is 1.45 bits per heavy atom. The van der Waals surface area contributed by atoms with E-state index in [0.29, 0.717) is 54.6 Å². The molecule has 0 spiro atoms. The second-order valence-corrected chi connectivity index (χ2v) is 9.80. The van der Waals surface area contributed by atoms with Crippen molar-refractivity contribution in [3.8, 4) is 22.6 Å². The molecule has 1 aliphatic carbocycles. The van der Waals surface area contributed by atoms with E-state index in [-0.39, 0.29) is 24.7 Å². The zero-order valence-electron chi connectivity index (χ0n) is 16.6. The number of nitrogens with two attached hydrogens (primary N) is 2. The van der Waals surface area contributed by atoms with Crippen LogP contribution in [0.4, 0.5) is 0 Å². The molecule has 0 radical (unpaired) electrons.